The van der Waals surface area contributed by atoms with Gasteiger partial charge >= 0.3 is 6.72 Å². The van der Waals surface area contributed by atoms with E-state index in [1.165, 1.54) is 0 Å². The van der Waals surface area contributed by atoms with Gasteiger partial charge in [-0.25, -0.2) is 0 Å². The first-order valence-electron chi connectivity index (χ1n) is 5.32. The third-order valence-electron chi connectivity index (χ3n) is 2.08. The molecule has 0 saturated heterocycles. The van der Waals surface area contributed by atoms with Crippen molar-refractivity contribution < 1.29 is 13.6 Å². The van der Waals surface area contributed by atoms with Crippen LogP contribution in [0.5, 0.6) is 0 Å². The predicted molar refractivity (Wildman–Crippen MR) is 67.5 cm³/mol. The second kappa shape index (κ2) is 6.31. The molecule has 0 bridgehead atoms. The summed E-state index contributed by atoms with van der Waals surface area (Å²) in [6.45, 7) is 10.6. The second-order valence-corrected chi connectivity index (χ2v) is 7.36. The van der Waals surface area contributed by atoms with Crippen molar-refractivity contribution in [3.8, 4) is 0 Å². The smallest absolute Gasteiger partial charge is 0.309 e. The first kappa shape index (κ1) is 15.5. The first-order valence-corrected chi connectivity index (χ1v) is 7.88. The third-order valence-corrected chi connectivity index (χ3v) is 4.70. The van der Waals surface area contributed by atoms with Gasteiger partial charge in [0.1, 0.15) is 0 Å². The van der Waals surface area contributed by atoms with Gasteiger partial charge in [0.2, 0.25) is 0 Å². The minimum absolute atomic E-state index is 0.0152. The van der Waals surface area contributed by atoms with Crippen LogP contribution in [0.1, 0.15) is 41.5 Å². The molecule has 0 aliphatic carbocycles. The van der Waals surface area contributed by atoms with Gasteiger partial charge in [0.15, 0.2) is 0 Å². The maximum Gasteiger partial charge on any atom is 0.327 e. The molecule has 0 fully saturated rings. The molecule has 0 aromatic heterocycles. The molecule has 5 heteroatoms. The highest BCUT2D eigenvalue weighted by molar-refractivity contribution is 8.07. The Morgan fingerprint density at radius 1 is 1.13 bits per heavy atom. The zero-order chi connectivity index (χ0) is 12.1. The standard InChI is InChI=1S/C10H23O3PS/c1-7-11-14(15,12-8-2)13-9(3)10(4,5)6/h9H,7-8H2,1-6H3. The molecule has 0 amide bonds. The van der Waals surface area contributed by atoms with E-state index in [9.17, 15) is 0 Å². The molecular weight excluding hydrogens is 231 g/mol. The fraction of sp³-hybridized carbons (Fsp3) is 1.00. The minimum atomic E-state index is -2.54. The van der Waals surface area contributed by atoms with Crippen LogP contribution in [0.3, 0.4) is 0 Å². The predicted octanol–water partition coefficient (Wildman–Crippen LogP) is 3.74. The molecule has 0 N–H and O–H groups in total. The lowest BCUT2D eigenvalue weighted by Crippen LogP contribution is -2.25. The topological polar surface area (TPSA) is 27.7 Å². The van der Waals surface area contributed by atoms with Gasteiger partial charge in [-0.05, 0) is 38.0 Å². The van der Waals surface area contributed by atoms with Gasteiger partial charge in [-0.2, -0.15) is 0 Å². The third kappa shape index (κ3) is 5.98. The summed E-state index contributed by atoms with van der Waals surface area (Å²) in [5.74, 6) is 0. The van der Waals surface area contributed by atoms with Gasteiger partial charge in [-0.1, -0.05) is 20.8 Å². The van der Waals surface area contributed by atoms with Crippen molar-refractivity contribution in [2.24, 2.45) is 5.41 Å². The highest BCUT2D eigenvalue weighted by atomic mass is 32.5. The maximum atomic E-state index is 5.76. The van der Waals surface area contributed by atoms with Crippen molar-refractivity contribution in [2.45, 2.75) is 47.6 Å². The van der Waals surface area contributed by atoms with Crippen LogP contribution in [0.2, 0.25) is 0 Å². The molecule has 15 heavy (non-hydrogen) atoms. The van der Waals surface area contributed by atoms with E-state index < -0.39 is 6.72 Å². The average molecular weight is 254 g/mol. The first-order chi connectivity index (χ1) is 6.75. The van der Waals surface area contributed by atoms with E-state index >= 15 is 0 Å². The molecule has 1 atom stereocenters. The molecule has 0 rings (SSSR count). The molecule has 0 heterocycles. The Hall–Kier alpha value is 0.530. The van der Waals surface area contributed by atoms with Crippen LogP contribution >= 0.6 is 6.72 Å². The van der Waals surface area contributed by atoms with Gasteiger partial charge in [0.25, 0.3) is 0 Å². The molecule has 0 aliphatic rings. The molecule has 1 unspecified atom stereocenters. The highest BCUT2D eigenvalue weighted by Crippen LogP contribution is 2.52. The minimum Gasteiger partial charge on any atom is -0.309 e. The molecule has 0 aromatic carbocycles. The summed E-state index contributed by atoms with van der Waals surface area (Å²) >= 11 is 5.29. The monoisotopic (exact) mass is 254 g/mol. The largest absolute Gasteiger partial charge is 0.327 e. The van der Waals surface area contributed by atoms with Crippen LogP contribution in [-0.4, -0.2) is 19.3 Å². The van der Waals surface area contributed by atoms with Crippen LogP contribution in [0, 0.1) is 5.41 Å². The van der Waals surface area contributed by atoms with E-state index in [4.69, 9.17) is 25.4 Å². The summed E-state index contributed by atoms with van der Waals surface area (Å²) in [5, 5.41) is 0. The van der Waals surface area contributed by atoms with Gasteiger partial charge in [-0.3, -0.25) is 0 Å². The van der Waals surface area contributed by atoms with Crippen LogP contribution in [-0.2, 0) is 25.4 Å². The summed E-state index contributed by atoms with van der Waals surface area (Å²) in [6, 6.07) is 0. The Labute approximate surface area is 98.7 Å². The van der Waals surface area contributed by atoms with E-state index in [0.717, 1.165) is 0 Å². The SMILES string of the molecule is CCOP(=S)(OCC)OC(C)C(C)(C)C. The van der Waals surface area contributed by atoms with Gasteiger partial charge in [-0.15, -0.1) is 0 Å². The lowest BCUT2D eigenvalue weighted by atomic mass is 9.91. The van der Waals surface area contributed by atoms with Crippen molar-refractivity contribution in [3.05, 3.63) is 0 Å². The van der Waals surface area contributed by atoms with E-state index in [2.05, 4.69) is 20.8 Å². The summed E-state index contributed by atoms with van der Waals surface area (Å²) in [6.07, 6.45) is 0.0152. The highest BCUT2D eigenvalue weighted by Gasteiger charge is 2.29. The molecule has 0 aliphatic heterocycles. The average Bonchev–Trinajstić information content (AvgIpc) is 2.02. The molecule has 92 valence electrons. The normalized spacial score (nSPS) is 15.3. The number of rotatable bonds is 6. The van der Waals surface area contributed by atoms with Crippen LogP contribution < -0.4 is 0 Å². The summed E-state index contributed by atoms with van der Waals surface area (Å²) < 4.78 is 16.6. The van der Waals surface area contributed by atoms with Crippen molar-refractivity contribution in [1.82, 2.24) is 0 Å². The molecular formula is C10H23O3PS. The lowest BCUT2D eigenvalue weighted by Gasteiger charge is -2.31. The molecule has 0 radical (unpaired) electrons. The fourth-order valence-corrected chi connectivity index (χ4v) is 3.32. The molecule has 0 saturated carbocycles. The van der Waals surface area contributed by atoms with Crippen molar-refractivity contribution >= 4 is 18.5 Å². The molecule has 0 aromatic rings. The van der Waals surface area contributed by atoms with Crippen molar-refractivity contribution in [2.75, 3.05) is 13.2 Å². The quantitative estimate of drug-likeness (QED) is 0.675. The summed E-state index contributed by atoms with van der Waals surface area (Å²) in [4.78, 5) is 0. The number of hydrogen-bond donors (Lipinski definition) is 0. The van der Waals surface area contributed by atoms with Crippen LogP contribution in [0.4, 0.5) is 0 Å². The van der Waals surface area contributed by atoms with E-state index in [1.807, 2.05) is 20.8 Å². The maximum absolute atomic E-state index is 5.76. The Kier molecular flexibility index (Phi) is 6.53. The lowest BCUT2D eigenvalue weighted by molar-refractivity contribution is 0.0643. The Bertz CT molecular complexity index is 215. The Morgan fingerprint density at radius 3 is 1.80 bits per heavy atom. The van der Waals surface area contributed by atoms with Crippen molar-refractivity contribution in [3.63, 3.8) is 0 Å². The second-order valence-electron chi connectivity index (χ2n) is 4.40. The molecule has 3 nitrogen and oxygen atoms in total. The molecule has 0 spiro atoms. The van der Waals surface area contributed by atoms with Gasteiger partial charge in [0, 0.05) is 0 Å². The van der Waals surface area contributed by atoms with E-state index in [0.29, 0.717) is 13.2 Å². The van der Waals surface area contributed by atoms with Gasteiger partial charge < -0.3 is 13.6 Å². The van der Waals surface area contributed by atoms with Crippen LogP contribution in [0.15, 0.2) is 0 Å². The summed E-state index contributed by atoms with van der Waals surface area (Å²) in [5.41, 5.74) is 0.0399. The van der Waals surface area contributed by atoms with E-state index in [1.54, 1.807) is 0 Å². The van der Waals surface area contributed by atoms with Crippen LogP contribution in [0.25, 0.3) is 0 Å². The fourth-order valence-electron chi connectivity index (χ4n) is 0.766. The van der Waals surface area contributed by atoms with Gasteiger partial charge in [0.05, 0.1) is 19.3 Å². The van der Waals surface area contributed by atoms with E-state index in [-0.39, 0.29) is 11.5 Å². The zero-order valence-electron chi connectivity index (χ0n) is 10.6. The van der Waals surface area contributed by atoms with Crippen molar-refractivity contribution in [1.29, 1.82) is 0 Å². The summed E-state index contributed by atoms with van der Waals surface area (Å²) in [7, 11) is 0. The zero-order valence-corrected chi connectivity index (χ0v) is 12.3. The number of hydrogen-bond acceptors (Lipinski definition) is 4. The Balaban J connectivity index is 4.48. The Morgan fingerprint density at radius 2 is 1.53 bits per heavy atom.